The van der Waals surface area contributed by atoms with E-state index in [-0.39, 0.29) is 0 Å². The predicted octanol–water partition coefficient (Wildman–Crippen LogP) is 4.86. The predicted molar refractivity (Wildman–Crippen MR) is 64.6 cm³/mol. The van der Waals surface area contributed by atoms with E-state index in [9.17, 15) is 0 Å². The average molecular weight is 280 g/mol. The van der Waals surface area contributed by atoms with E-state index in [0.717, 1.165) is 0 Å². The van der Waals surface area contributed by atoms with Gasteiger partial charge in [0, 0.05) is 0 Å². The van der Waals surface area contributed by atoms with Gasteiger partial charge in [-0.15, -0.1) is 0 Å². The molecule has 0 fully saturated rings. The molecule has 0 aromatic heterocycles. The SMILES string of the molecule is CC[CH2][Zr]([NH2])([CH2]CC)([CH2]CC)[CH2]CC. The fraction of sp³-hybridized carbons (Fsp3) is 1.00. The molecule has 0 saturated carbocycles. The minimum absolute atomic E-state index is 1.31. The monoisotopic (exact) mass is 278 g/mol. The first-order chi connectivity index (χ1) is 6.54. The van der Waals surface area contributed by atoms with Gasteiger partial charge in [-0.05, 0) is 0 Å². The second-order valence-corrected chi connectivity index (χ2v) is 21.6. The molecule has 0 aliphatic heterocycles. The summed E-state index contributed by atoms with van der Waals surface area (Å²) in [5.41, 5.74) is 0. The van der Waals surface area contributed by atoms with Crippen LogP contribution in [-0.2, 0) is 19.1 Å². The van der Waals surface area contributed by atoms with Crippen molar-refractivity contribution in [2.75, 3.05) is 0 Å². The molecule has 0 aliphatic rings. The molecule has 1 nitrogen and oxygen atoms in total. The van der Waals surface area contributed by atoms with Gasteiger partial charge in [-0.25, -0.2) is 0 Å². The first-order valence-electron chi connectivity index (χ1n) is 6.53. The molecule has 0 rings (SSSR count). The Morgan fingerprint density at radius 2 is 0.857 bits per heavy atom. The van der Waals surface area contributed by atoms with Crippen LogP contribution in [0.15, 0.2) is 0 Å². The zero-order valence-corrected chi connectivity index (χ0v) is 13.2. The number of hydrogen-bond acceptors (Lipinski definition) is 1. The molecule has 0 saturated heterocycles. The van der Waals surface area contributed by atoms with Crippen molar-refractivity contribution in [3.8, 4) is 0 Å². The average Bonchev–Trinajstić information content (AvgIpc) is 2.05. The van der Waals surface area contributed by atoms with Crippen molar-refractivity contribution < 1.29 is 19.1 Å². The van der Waals surface area contributed by atoms with Crippen molar-refractivity contribution in [1.82, 2.24) is 0 Å². The standard InChI is InChI=1S/4C3H7.H2N.Zr/c4*1-3-2;;/h4*1,3H2,2H3;1H2;/q;;;;-1;+1. The number of rotatable bonds is 8. The van der Waals surface area contributed by atoms with Crippen LogP contribution in [0.25, 0.3) is 0 Å². The Morgan fingerprint density at radius 1 is 0.643 bits per heavy atom. The van der Waals surface area contributed by atoms with E-state index < -0.39 is 19.1 Å². The van der Waals surface area contributed by atoms with E-state index in [1.54, 1.807) is 0 Å². The van der Waals surface area contributed by atoms with E-state index in [2.05, 4.69) is 27.7 Å². The third kappa shape index (κ3) is 4.15. The molecule has 0 aromatic rings. The second kappa shape index (κ2) is 6.43. The molecule has 0 amide bonds. The molecule has 0 aliphatic carbocycles. The van der Waals surface area contributed by atoms with Crippen LogP contribution in [0.3, 0.4) is 0 Å². The number of nitrogens with two attached hydrogens (primary N) is 1. The third-order valence-electron chi connectivity index (χ3n) is 3.70. The molecule has 0 radical (unpaired) electrons. The molecule has 0 atom stereocenters. The summed E-state index contributed by atoms with van der Waals surface area (Å²) in [6.07, 6.45) is 5.23. The minimum atomic E-state index is -2.70. The summed E-state index contributed by atoms with van der Waals surface area (Å²) in [6.45, 7) is 9.23. The third-order valence-corrected chi connectivity index (χ3v) is 21.9. The fourth-order valence-corrected chi connectivity index (χ4v) is 20.4. The van der Waals surface area contributed by atoms with Crippen LogP contribution in [0.4, 0.5) is 0 Å². The molecule has 14 heavy (non-hydrogen) atoms. The Hall–Kier alpha value is 0.843. The molecule has 2 heteroatoms. The topological polar surface area (TPSA) is 26.0 Å². The molecule has 0 bridgehead atoms. The summed E-state index contributed by atoms with van der Waals surface area (Å²) in [6, 6.07) is 0. The van der Waals surface area contributed by atoms with Gasteiger partial charge in [0.25, 0.3) is 0 Å². The van der Waals surface area contributed by atoms with E-state index >= 15 is 0 Å². The molecule has 0 aromatic carbocycles. The van der Waals surface area contributed by atoms with Gasteiger partial charge in [0.05, 0.1) is 0 Å². The van der Waals surface area contributed by atoms with Crippen LogP contribution in [0.2, 0.25) is 16.5 Å². The summed E-state index contributed by atoms with van der Waals surface area (Å²) in [7, 11) is 0. The summed E-state index contributed by atoms with van der Waals surface area (Å²) in [5, 5.41) is 0. The van der Waals surface area contributed by atoms with Gasteiger partial charge >= 0.3 is 92.6 Å². The van der Waals surface area contributed by atoms with Crippen LogP contribution < -0.4 is 3.68 Å². The Kier molecular flexibility index (Phi) is 6.82. The molecule has 2 N–H and O–H groups in total. The van der Waals surface area contributed by atoms with Crippen LogP contribution in [0.5, 0.6) is 0 Å². The number of hydrogen-bond donors (Lipinski definition) is 1. The van der Waals surface area contributed by atoms with Crippen molar-refractivity contribution >= 4 is 0 Å². The van der Waals surface area contributed by atoms with E-state index in [4.69, 9.17) is 3.68 Å². The Balaban J connectivity index is 4.69. The second-order valence-electron chi connectivity index (χ2n) is 5.32. The molecule has 0 spiro atoms. The van der Waals surface area contributed by atoms with E-state index in [0.29, 0.717) is 0 Å². The molecular weight excluding hydrogens is 249 g/mol. The van der Waals surface area contributed by atoms with Crippen molar-refractivity contribution in [3.63, 3.8) is 0 Å². The quantitative estimate of drug-likeness (QED) is 0.674. The van der Waals surface area contributed by atoms with Crippen molar-refractivity contribution in [1.29, 1.82) is 0 Å². The van der Waals surface area contributed by atoms with Crippen LogP contribution in [0.1, 0.15) is 53.4 Å². The van der Waals surface area contributed by atoms with Gasteiger partial charge < -0.3 is 0 Å². The maximum absolute atomic E-state index is 6.97. The zero-order valence-electron chi connectivity index (χ0n) is 10.7. The Labute approximate surface area is 92.4 Å². The van der Waals surface area contributed by atoms with Gasteiger partial charge in [0.2, 0.25) is 0 Å². The maximum atomic E-state index is 6.97. The van der Waals surface area contributed by atoms with Gasteiger partial charge in [-0.2, -0.15) is 0 Å². The van der Waals surface area contributed by atoms with Gasteiger partial charge in [0.1, 0.15) is 0 Å². The molecule has 87 valence electrons. The van der Waals surface area contributed by atoms with Crippen molar-refractivity contribution in [2.24, 2.45) is 3.68 Å². The molecule has 0 heterocycles. The Bertz CT molecular complexity index is 121. The first kappa shape index (κ1) is 14.8. The summed E-state index contributed by atoms with van der Waals surface area (Å²) < 4.78 is 12.6. The van der Waals surface area contributed by atoms with Crippen LogP contribution >= 0.6 is 0 Å². The van der Waals surface area contributed by atoms with Crippen LogP contribution in [-0.4, -0.2) is 0 Å². The first-order valence-corrected chi connectivity index (χ1v) is 14.9. The zero-order chi connectivity index (χ0) is 11.1. The molecule has 0 unspecified atom stereocenters. The van der Waals surface area contributed by atoms with Crippen molar-refractivity contribution in [2.45, 2.75) is 69.9 Å². The van der Waals surface area contributed by atoms with E-state index in [1.807, 2.05) is 0 Å². The fourth-order valence-electron chi connectivity index (χ4n) is 3.45. The summed E-state index contributed by atoms with van der Waals surface area (Å²) in [5.74, 6) is 0. The normalized spacial score (nSPS) is 15.1. The summed E-state index contributed by atoms with van der Waals surface area (Å²) in [4.78, 5) is 0. The van der Waals surface area contributed by atoms with Gasteiger partial charge in [-0.1, -0.05) is 0 Å². The molecular formula is C12H30NZr. The van der Waals surface area contributed by atoms with Crippen molar-refractivity contribution in [3.05, 3.63) is 0 Å². The van der Waals surface area contributed by atoms with E-state index in [1.165, 1.54) is 42.2 Å². The van der Waals surface area contributed by atoms with Gasteiger partial charge in [-0.3, -0.25) is 0 Å². The van der Waals surface area contributed by atoms with Crippen LogP contribution in [0, 0.1) is 0 Å². The van der Waals surface area contributed by atoms with Gasteiger partial charge in [0.15, 0.2) is 0 Å². The summed E-state index contributed by atoms with van der Waals surface area (Å²) >= 11 is -2.70. The Morgan fingerprint density at radius 3 is 1.00 bits per heavy atom.